The summed E-state index contributed by atoms with van der Waals surface area (Å²) in [5.41, 5.74) is 6.04. The van der Waals surface area contributed by atoms with Crippen molar-refractivity contribution in [1.29, 1.82) is 0 Å². The molecule has 3 N–H and O–H groups in total. The van der Waals surface area contributed by atoms with Crippen LogP contribution in [0, 0.1) is 6.92 Å². The number of halogens is 3. The monoisotopic (exact) mass is 465 g/mol. The number of hydrogen-bond acceptors (Lipinski definition) is 5. The van der Waals surface area contributed by atoms with Crippen molar-refractivity contribution in [3.63, 3.8) is 0 Å². The van der Waals surface area contributed by atoms with Gasteiger partial charge >= 0.3 is 0 Å². The minimum atomic E-state index is -1.10. The number of benzene rings is 1. The van der Waals surface area contributed by atoms with E-state index in [0.717, 1.165) is 15.9 Å². The highest BCUT2D eigenvalue weighted by Gasteiger charge is 2.37. The lowest BCUT2D eigenvalue weighted by molar-refractivity contribution is -0.144. The van der Waals surface area contributed by atoms with E-state index in [1.54, 1.807) is 11.8 Å². The van der Waals surface area contributed by atoms with Gasteiger partial charge in [-0.05, 0) is 31.5 Å². The van der Waals surface area contributed by atoms with Gasteiger partial charge in [-0.25, -0.2) is 4.98 Å². The number of H-pyrrole nitrogens is 1. The van der Waals surface area contributed by atoms with Crippen LogP contribution in [0.15, 0.2) is 28.7 Å². The lowest BCUT2D eigenvalue weighted by Crippen LogP contribution is -2.54. The van der Waals surface area contributed by atoms with Gasteiger partial charge in [0.25, 0.3) is 0 Å². The normalized spacial score (nSPS) is 19.1. The van der Waals surface area contributed by atoms with E-state index in [-0.39, 0.29) is 36.8 Å². The Bertz CT molecular complexity index is 738. The van der Waals surface area contributed by atoms with E-state index in [2.05, 4.69) is 31.1 Å². The van der Waals surface area contributed by atoms with Gasteiger partial charge in [-0.15, -0.1) is 24.8 Å². The number of morpholine rings is 1. The highest BCUT2D eigenvalue weighted by molar-refractivity contribution is 9.10. The zero-order valence-electron chi connectivity index (χ0n) is 14.4. The Hall–Kier alpha value is -1.19. The van der Waals surface area contributed by atoms with E-state index in [1.165, 1.54) is 0 Å². The third-order valence-corrected chi connectivity index (χ3v) is 4.67. The molecule has 0 spiro atoms. The van der Waals surface area contributed by atoms with Crippen LogP contribution in [-0.2, 0) is 15.1 Å². The average Bonchev–Trinajstić information content (AvgIpc) is 3.01. The number of nitrogens with two attached hydrogens (primary N) is 1. The van der Waals surface area contributed by atoms with Crippen molar-refractivity contribution >= 4 is 46.7 Å². The molecule has 10 heteroatoms. The summed E-state index contributed by atoms with van der Waals surface area (Å²) < 4.78 is 6.65. The molecular formula is C16H22BrCl2N5O2. The van der Waals surface area contributed by atoms with Gasteiger partial charge in [0.15, 0.2) is 5.82 Å². The number of nitrogens with zero attached hydrogens (tertiary/aromatic N) is 3. The molecule has 2 atom stereocenters. The Kier molecular flexibility index (Phi) is 8.04. The number of rotatable bonds is 3. The number of aromatic nitrogens is 3. The van der Waals surface area contributed by atoms with Crippen LogP contribution in [0.5, 0.6) is 0 Å². The summed E-state index contributed by atoms with van der Waals surface area (Å²) in [5.74, 6) is 1.15. The number of carbonyl (C=O) groups is 1. The zero-order chi connectivity index (χ0) is 17.3. The Morgan fingerprint density at radius 1 is 1.38 bits per heavy atom. The van der Waals surface area contributed by atoms with Crippen molar-refractivity contribution in [3.05, 3.63) is 46.0 Å². The first kappa shape index (κ1) is 22.9. The van der Waals surface area contributed by atoms with E-state index in [0.29, 0.717) is 25.5 Å². The number of carbonyl (C=O) groups excluding carboxylic acids is 1. The molecule has 0 radical (unpaired) electrons. The topological polar surface area (TPSA) is 97.1 Å². The molecule has 1 amide bonds. The maximum Gasteiger partial charge on any atom is 0.247 e. The first-order chi connectivity index (χ1) is 11.4. The number of nitrogens with one attached hydrogen (secondary N) is 1. The molecule has 2 unspecified atom stereocenters. The van der Waals surface area contributed by atoms with Gasteiger partial charge in [-0.2, -0.15) is 5.10 Å². The van der Waals surface area contributed by atoms with Gasteiger partial charge in [0.1, 0.15) is 17.5 Å². The largest absolute Gasteiger partial charge is 0.366 e. The van der Waals surface area contributed by atoms with Crippen LogP contribution < -0.4 is 5.73 Å². The van der Waals surface area contributed by atoms with Crippen molar-refractivity contribution < 1.29 is 9.53 Å². The Balaban J connectivity index is 0.00000169. The second-order valence-corrected chi connectivity index (χ2v) is 7.01. The fourth-order valence-electron chi connectivity index (χ4n) is 2.74. The average molecular weight is 467 g/mol. The van der Waals surface area contributed by atoms with E-state index < -0.39 is 5.54 Å². The Labute approximate surface area is 173 Å². The highest BCUT2D eigenvalue weighted by Crippen LogP contribution is 2.26. The van der Waals surface area contributed by atoms with Gasteiger partial charge in [-0.3, -0.25) is 9.89 Å². The molecule has 1 aromatic heterocycles. The van der Waals surface area contributed by atoms with Gasteiger partial charge < -0.3 is 15.4 Å². The third-order valence-electron chi connectivity index (χ3n) is 4.14. The van der Waals surface area contributed by atoms with Crippen molar-refractivity contribution in [3.8, 4) is 0 Å². The quantitative estimate of drug-likeness (QED) is 0.724. The van der Waals surface area contributed by atoms with Crippen LogP contribution in [0.3, 0.4) is 0 Å². The molecule has 0 aliphatic carbocycles. The molecule has 0 bridgehead atoms. The van der Waals surface area contributed by atoms with E-state index in [4.69, 9.17) is 10.5 Å². The van der Waals surface area contributed by atoms with Crippen molar-refractivity contribution in [2.24, 2.45) is 5.73 Å². The summed E-state index contributed by atoms with van der Waals surface area (Å²) in [4.78, 5) is 19.0. The van der Waals surface area contributed by atoms with E-state index >= 15 is 0 Å². The van der Waals surface area contributed by atoms with E-state index in [1.807, 2.05) is 31.2 Å². The van der Waals surface area contributed by atoms with Crippen molar-refractivity contribution in [2.75, 3.05) is 19.7 Å². The van der Waals surface area contributed by atoms with Crippen LogP contribution in [0.2, 0.25) is 0 Å². The number of amides is 1. The minimum absolute atomic E-state index is 0. The zero-order valence-corrected chi connectivity index (χ0v) is 17.7. The number of aromatic amines is 1. The summed E-state index contributed by atoms with van der Waals surface area (Å²) in [6.07, 6.45) is -0.339. The first-order valence-electron chi connectivity index (χ1n) is 7.72. The number of aryl methyl sites for hydroxylation is 1. The molecule has 1 aromatic carbocycles. The molecule has 0 saturated carbocycles. The fraction of sp³-hybridized carbons (Fsp3) is 0.438. The molecule has 1 aliphatic rings. The van der Waals surface area contributed by atoms with Crippen LogP contribution in [-0.4, -0.2) is 45.7 Å². The van der Waals surface area contributed by atoms with Gasteiger partial charge in [-0.1, -0.05) is 28.1 Å². The second-order valence-electron chi connectivity index (χ2n) is 6.10. The fourth-order valence-corrected chi connectivity index (χ4v) is 3.01. The standard InChI is InChI=1S/C16H20BrN5O2.2ClH/c1-10-19-14(21-20-10)13-9-22(7-8-24-13)15(23)16(2,18)11-3-5-12(17)6-4-11;;/h3-6,13H,7-9,18H2,1-2H3,(H,19,20,21);2*1H. The molecule has 26 heavy (non-hydrogen) atoms. The smallest absolute Gasteiger partial charge is 0.247 e. The SMILES string of the molecule is Cc1nc(C2CN(C(=O)C(C)(N)c3ccc(Br)cc3)CCO2)n[nH]1.Cl.Cl. The van der Waals surface area contributed by atoms with Crippen LogP contribution >= 0.6 is 40.7 Å². The molecule has 1 saturated heterocycles. The van der Waals surface area contributed by atoms with Crippen LogP contribution in [0.4, 0.5) is 0 Å². The number of ether oxygens (including phenoxy) is 1. The molecule has 1 fully saturated rings. The molecule has 144 valence electrons. The first-order valence-corrected chi connectivity index (χ1v) is 8.52. The molecule has 3 rings (SSSR count). The van der Waals surface area contributed by atoms with E-state index in [9.17, 15) is 4.79 Å². The summed E-state index contributed by atoms with van der Waals surface area (Å²) in [6.45, 7) is 4.88. The summed E-state index contributed by atoms with van der Waals surface area (Å²) in [7, 11) is 0. The van der Waals surface area contributed by atoms with Crippen LogP contribution in [0.1, 0.15) is 30.2 Å². The second kappa shape index (κ2) is 9.14. The molecule has 1 aliphatic heterocycles. The molecule has 2 aromatic rings. The van der Waals surface area contributed by atoms with Crippen LogP contribution in [0.25, 0.3) is 0 Å². The lowest BCUT2D eigenvalue weighted by atomic mass is 9.91. The van der Waals surface area contributed by atoms with Crippen molar-refractivity contribution in [2.45, 2.75) is 25.5 Å². The Morgan fingerprint density at radius 3 is 2.62 bits per heavy atom. The van der Waals surface area contributed by atoms with Gasteiger partial charge in [0.05, 0.1) is 13.2 Å². The summed E-state index contributed by atoms with van der Waals surface area (Å²) in [6, 6.07) is 7.48. The van der Waals surface area contributed by atoms with Gasteiger partial charge in [0.2, 0.25) is 5.91 Å². The molecule has 2 heterocycles. The summed E-state index contributed by atoms with van der Waals surface area (Å²) in [5, 5.41) is 6.93. The Morgan fingerprint density at radius 2 is 2.04 bits per heavy atom. The molecular weight excluding hydrogens is 445 g/mol. The van der Waals surface area contributed by atoms with Crippen molar-refractivity contribution in [1.82, 2.24) is 20.1 Å². The maximum atomic E-state index is 13.0. The summed E-state index contributed by atoms with van der Waals surface area (Å²) >= 11 is 3.39. The van der Waals surface area contributed by atoms with Gasteiger partial charge in [0, 0.05) is 11.0 Å². The minimum Gasteiger partial charge on any atom is -0.366 e. The highest BCUT2D eigenvalue weighted by atomic mass is 79.9. The predicted octanol–water partition coefficient (Wildman–Crippen LogP) is 2.49. The number of hydrogen-bond donors (Lipinski definition) is 2. The lowest BCUT2D eigenvalue weighted by Gasteiger charge is -2.36. The maximum absolute atomic E-state index is 13.0. The third kappa shape index (κ3) is 4.75. The predicted molar refractivity (Wildman–Crippen MR) is 107 cm³/mol. The molecule has 7 nitrogen and oxygen atoms in total.